The van der Waals surface area contributed by atoms with Gasteiger partial charge in [0.2, 0.25) is 0 Å². The summed E-state index contributed by atoms with van der Waals surface area (Å²) in [6.07, 6.45) is 1.51. The summed E-state index contributed by atoms with van der Waals surface area (Å²) in [7, 11) is 0. The first-order valence-electron chi connectivity index (χ1n) is 8.20. The van der Waals surface area contributed by atoms with Gasteiger partial charge in [-0.2, -0.15) is 13.2 Å². The summed E-state index contributed by atoms with van der Waals surface area (Å²) in [6, 6.07) is 7.14. The van der Waals surface area contributed by atoms with Crippen LogP contribution in [0.3, 0.4) is 0 Å². The van der Waals surface area contributed by atoms with Gasteiger partial charge in [-0.3, -0.25) is 9.78 Å². The molecular formula is C21H10ClF5N2O. The van der Waals surface area contributed by atoms with Gasteiger partial charge in [-0.15, -0.1) is 6.42 Å². The molecule has 152 valence electrons. The van der Waals surface area contributed by atoms with E-state index in [0.717, 1.165) is 36.5 Å². The highest BCUT2D eigenvalue weighted by atomic mass is 35.5. The van der Waals surface area contributed by atoms with E-state index in [-0.39, 0.29) is 33.0 Å². The first-order chi connectivity index (χ1) is 14.1. The monoisotopic (exact) mass is 436 g/mol. The number of nitrogens with zero attached hydrogens (tertiary/aromatic N) is 1. The molecule has 0 spiro atoms. The Kier molecular flexibility index (Phi) is 5.76. The summed E-state index contributed by atoms with van der Waals surface area (Å²) in [5, 5.41) is 2.04. The number of hydrogen-bond donors (Lipinski definition) is 1. The zero-order valence-electron chi connectivity index (χ0n) is 14.8. The first kappa shape index (κ1) is 21.3. The van der Waals surface area contributed by atoms with Crippen LogP contribution in [0.1, 0.15) is 21.6 Å². The molecule has 3 rings (SSSR count). The molecule has 0 aliphatic carbocycles. The molecule has 0 saturated carbocycles. The van der Waals surface area contributed by atoms with Gasteiger partial charge in [-0.25, -0.2) is 8.78 Å². The third-order valence-electron chi connectivity index (χ3n) is 4.04. The van der Waals surface area contributed by atoms with Crippen molar-refractivity contribution in [1.82, 2.24) is 4.98 Å². The molecule has 9 heteroatoms. The minimum atomic E-state index is -4.70. The van der Waals surface area contributed by atoms with Gasteiger partial charge in [-0.1, -0.05) is 23.6 Å². The highest BCUT2D eigenvalue weighted by Gasteiger charge is 2.32. The number of amides is 1. The van der Waals surface area contributed by atoms with Crippen LogP contribution in [0, 0.1) is 24.0 Å². The molecule has 3 nitrogen and oxygen atoms in total. The van der Waals surface area contributed by atoms with Gasteiger partial charge in [0.1, 0.15) is 17.3 Å². The number of benzene rings is 2. The standard InChI is InChI=1S/C21H10ClF5N2O/c1-2-11-7-12(23)3-4-14(11)15-9-17(22)16(10-18(15)24)20(30)29-13-5-6-28-19(8-13)21(25,26)27/h1,3-10H,(H,28,29,30). The van der Waals surface area contributed by atoms with Gasteiger partial charge in [0.25, 0.3) is 5.91 Å². The van der Waals surface area contributed by atoms with Crippen molar-refractivity contribution in [3.8, 4) is 23.5 Å². The van der Waals surface area contributed by atoms with Crippen LogP contribution in [0.2, 0.25) is 5.02 Å². The van der Waals surface area contributed by atoms with E-state index in [1.165, 1.54) is 6.07 Å². The van der Waals surface area contributed by atoms with Crippen molar-refractivity contribution in [3.63, 3.8) is 0 Å². The van der Waals surface area contributed by atoms with E-state index in [1.54, 1.807) is 0 Å². The Morgan fingerprint density at radius 1 is 1.07 bits per heavy atom. The zero-order chi connectivity index (χ0) is 22.1. The lowest BCUT2D eigenvalue weighted by atomic mass is 9.98. The number of pyridine rings is 1. The van der Waals surface area contributed by atoms with Gasteiger partial charge < -0.3 is 5.32 Å². The van der Waals surface area contributed by atoms with E-state index in [2.05, 4.69) is 16.2 Å². The molecule has 0 bridgehead atoms. The number of rotatable bonds is 3. The highest BCUT2D eigenvalue weighted by Crippen LogP contribution is 2.32. The molecule has 0 saturated heterocycles. The smallest absolute Gasteiger partial charge is 0.322 e. The molecule has 1 heterocycles. The molecule has 3 aromatic rings. The second-order valence-electron chi connectivity index (χ2n) is 6.03. The van der Waals surface area contributed by atoms with E-state index in [0.29, 0.717) is 6.07 Å². The molecule has 30 heavy (non-hydrogen) atoms. The van der Waals surface area contributed by atoms with E-state index >= 15 is 0 Å². The fraction of sp³-hybridized carbons (Fsp3) is 0.0476. The quantitative estimate of drug-likeness (QED) is 0.408. The number of carbonyl (C=O) groups excluding carboxylic acids is 1. The Labute approximate surface area is 172 Å². The van der Waals surface area contributed by atoms with Gasteiger partial charge in [-0.05, 0) is 36.4 Å². The average molecular weight is 437 g/mol. The van der Waals surface area contributed by atoms with E-state index in [4.69, 9.17) is 18.0 Å². The predicted octanol–water partition coefficient (Wildman–Crippen LogP) is 5.93. The molecular weight excluding hydrogens is 427 g/mol. The van der Waals surface area contributed by atoms with Gasteiger partial charge in [0, 0.05) is 28.6 Å². The van der Waals surface area contributed by atoms with Crippen LogP contribution in [-0.4, -0.2) is 10.9 Å². The average Bonchev–Trinajstić information content (AvgIpc) is 2.69. The van der Waals surface area contributed by atoms with E-state index in [9.17, 15) is 26.7 Å². The molecule has 2 aromatic carbocycles. The van der Waals surface area contributed by atoms with Crippen molar-refractivity contribution >= 4 is 23.2 Å². The Morgan fingerprint density at radius 2 is 1.80 bits per heavy atom. The number of alkyl halides is 3. The molecule has 0 aliphatic rings. The summed E-state index contributed by atoms with van der Waals surface area (Å²) in [5.41, 5.74) is -1.50. The minimum absolute atomic E-state index is 0.0623. The summed E-state index contributed by atoms with van der Waals surface area (Å²) in [5.74, 6) is -0.171. The Bertz CT molecular complexity index is 1180. The van der Waals surface area contributed by atoms with Crippen molar-refractivity contribution < 1.29 is 26.7 Å². The lowest BCUT2D eigenvalue weighted by molar-refractivity contribution is -0.141. The van der Waals surface area contributed by atoms with Crippen molar-refractivity contribution in [3.05, 3.63) is 82.1 Å². The van der Waals surface area contributed by atoms with E-state index in [1.807, 2.05) is 0 Å². The van der Waals surface area contributed by atoms with Crippen molar-refractivity contribution in [1.29, 1.82) is 0 Å². The normalized spacial score (nSPS) is 11.1. The number of halogens is 6. The number of terminal acetylenes is 1. The van der Waals surface area contributed by atoms with Crippen LogP contribution in [0.5, 0.6) is 0 Å². The highest BCUT2D eigenvalue weighted by molar-refractivity contribution is 6.34. The third-order valence-corrected chi connectivity index (χ3v) is 4.35. The number of carbonyl (C=O) groups is 1. The minimum Gasteiger partial charge on any atom is -0.322 e. The largest absolute Gasteiger partial charge is 0.433 e. The number of nitrogens with one attached hydrogen (secondary N) is 1. The maximum atomic E-state index is 14.7. The maximum absolute atomic E-state index is 14.7. The van der Waals surface area contributed by atoms with E-state index < -0.39 is 29.4 Å². The summed E-state index contributed by atoms with van der Waals surface area (Å²) in [6.45, 7) is 0. The molecule has 1 aromatic heterocycles. The third kappa shape index (κ3) is 4.42. The van der Waals surface area contributed by atoms with Crippen LogP contribution in [0.25, 0.3) is 11.1 Å². The summed E-state index contributed by atoms with van der Waals surface area (Å²) >= 11 is 6.10. The van der Waals surface area contributed by atoms with Gasteiger partial charge in [0.05, 0.1) is 10.6 Å². The van der Waals surface area contributed by atoms with Crippen LogP contribution < -0.4 is 5.32 Å². The van der Waals surface area contributed by atoms with Gasteiger partial charge >= 0.3 is 6.18 Å². The molecule has 0 atom stereocenters. The topological polar surface area (TPSA) is 42.0 Å². The van der Waals surface area contributed by atoms with Crippen LogP contribution in [0.15, 0.2) is 48.7 Å². The molecule has 0 aliphatic heterocycles. The van der Waals surface area contributed by atoms with Crippen molar-refractivity contribution in [2.75, 3.05) is 5.32 Å². The fourth-order valence-electron chi connectivity index (χ4n) is 2.66. The molecule has 0 fully saturated rings. The second-order valence-corrected chi connectivity index (χ2v) is 6.43. The number of hydrogen-bond acceptors (Lipinski definition) is 2. The van der Waals surface area contributed by atoms with Crippen molar-refractivity contribution in [2.45, 2.75) is 6.18 Å². The molecule has 0 radical (unpaired) electrons. The maximum Gasteiger partial charge on any atom is 0.433 e. The zero-order valence-corrected chi connectivity index (χ0v) is 15.6. The number of aromatic nitrogens is 1. The lowest BCUT2D eigenvalue weighted by Gasteiger charge is -2.12. The van der Waals surface area contributed by atoms with Crippen molar-refractivity contribution in [2.24, 2.45) is 0 Å². The Morgan fingerprint density at radius 3 is 2.47 bits per heavy atom. The second kappa shape index (κ2) is 8.13. The summed E-state index contributed by atoms with van der Waals surface area (Å²) in [4.78, 5) is 15.6. The first-order valence-corrected chi connectivity index (χ1v) is 8.58. The predicted molar refractivity (Wildman–Crippen MR) is 102 cm³/mol. The summed E-state index contributed by atoms with van der Waals surface area (Å²) < 4.78 is 66.3. The number of anilines is 1. The fourth-order valence-corrected chi connectivity index (χ4v) is 2.91. The molecule has 1 N–H and O–H groups in total. The molecule has 1 amide bonds. The SMILES string of the molecule is C#Cc1cc(F)ccc1-c1cc(Cl)c(C(=O)Nc2ccnc(C(F)(F)F)c2)cc1F. The lowest BCUT2D eigenvalue weighted by Crippen LogP contribution is -2.15. The Balaban J connectivity index is 1.95. The van der Waals surface area contributed by atoms with Crippen LogP contribution in [-0.2, 0) is 6.18 Å². The van der Waals surface area contributed by atoms with Crippen LogP contribution >= 0.6 is 11.6 Å². The Hall–Kier alpha value is -3.44. The molecule has 0 unspecified atom stereocenters. The van der Waals surface area contributed by atoms with Crippen LogP contribution in [0.4, 0.5) is 27.6 Å². The van der Waals surface area contributed by atoms with Gasteiger partial charge in [0.15, 0.2) is 0 Å².